The predicted molar refractivity (Wildman–Crippen MR) is 86.4 cm³/mol. The first-order valence-corrected chi connectivity index (χ1v) is 7.73. The minimum Gasteiger partial charge on any atom is -0.497 e. The summed E-state index contributed by atoms with van der Waals surface area (Å²) >= 11 is 0. The molecule has 3 heteroatoms. The molecule has 1 unspecified atom stereocenters. The summed E-state index contributed by atoms with van der Waals surface area (Å²) in [5.74, 6) is 0.916. The maximum atomic E-state index is 5.24. The number of hydrogen-bond acceptors (Lipinski definition) is 3. The van der Waals surface area contributed by atoms with Crippen molar-refractivity contribution in [2.45, 2.75) is 46.2 Å². The van der Waals surface area contributed by atoms with Gasteiger partial charge >= 0.3 is 0 Å². The van der Waals surface area contributed by atoms with Crippen molar-refractivity contribution in [1.29, 1.82) is 0 Å². The van der Waals surface area contributed by atoms with Crippen LogP contribution in [0, 0.1) is 0 Å². The molecule has 3 nitrogen and oxygen atoms in total. The number of ether oxygens (including phenoxy) is 1. The molecular formula is C17H30N2O. The van der Waals surface area contributed by atoms with Crippen molar-refractivity contribution in [3.63, 3.8) is 0 Å². The summed E-state index contributed by atoms with van der Waals surface area (Å²) < 4.78 is 5.24. The second-order valence-corrected chi connectivity index (χ2v) is 5.46. The van der Waals surface area contributed by atoms with Crippen molar-refractivity contribution in [3.8, 4) is 5.75 Å². The Labute approximate surface area is 124 Å². The fourth-order valence-electron chi connectivity index (χ4n) is 2.38. The van der Waals surface area contributed by atoms with E-state index in [4.69, 9.17) is 4.74 Å². The summed E-state index contributed by atoms with van der Waals surface area (Å²) in [4.78, 5) is 2.50. The first-order chi connectivity index (χ1) is 9.62. The Kier molecular flexibility index (Phi) is 7.63. The zero-order valence-electron chi connectivity index (χ0n) is 13.6. The van der Waals surface area contributed by atoms with Gasteiger partial charge in [0.05, 0.1) is 7.11 Å². The predicted octanol–water partition coefficient (Wildman–Crippen LogP) is 3.47. The highest BCUT2D eigenvalue weighted by Gasteiger charge is 2.16. The van der Waals surface area contributed by atoms with E-state index in [0.29, 0.717) is 12.1 Å². The van der Waals surface area contributed by atoms with Crippen LogP contribution in [0.5, 0.6) is 5.75 Å². The van der Waals surface area contributed by atoms with Crippen molar-refractivity contribution in [3.05, 3.63) is 29.8 Å². The van der Waals surface area contributed by atoms with Crippen molar-refractivity contribution >= 4 is 0 Å². The number of rotatable bonds is 9. The maximum absolute atomic E-state index is 5.24. The Morgan fingerprint density at radius 2 is 1.80 bits per heavy atom. The van der Waals surface area contributed by atoms with Gasteiger partial charge in [-0.05, 0) is 51.1 Å². The average molecular weight is 278 g/mol. The van der Waals surface area contributed by atoms with E-state index in [2.05, 4.69) is 50.0 Å². The second-order valence-electron chi connectivity index (χ2n) is 5.46. The number of benzene rings is 1. The molecule has 1 rings (SSSR count). The van der Waals surface area contributed by atoms with Crippen molar-refractivity contribution < 1.29 is 4.74 Å². The van der Waals surface area contributed by atoms with Crippen LogP contribution in [-0.2, 0) is 0 Å². The fraction of sp³-hybridized carbons (Fsp3) is 0.647. The van der Waals surface area contributed by atoms with Crippen LogP contribution in [0.2, 0.25) is 0 Å². The van der Waals surface area contributed by atoms with Gasteiger partial charge < -0.3 is 10.1 Å². The molecule has 0 aliphatic heterocycles. The highest BCUT2D eigenvalue weighted by molar-refractivity contribution is 5.29. The molecule has 1 aromatic rings. The van der Waals surface area contributed by atoms with E-state index in [9.17, 15) is 0 Å². The smallest absolute Gasteiger partial charge is 0.118 e. The number of nitrogens with one attached hydrogen (secondary N) is 1. The van der Waals surface area contributed by atoms with Crippen LogP contribution in [0.1, 0.15) is 45.7 Å². The first-order valence-electron chi connectivity index (χ1n) is 7.73. The quantitative estimate of drug-likeness (QED) is 0.748. The monoisotopic (exact) mass is 278 g/mol. The van der Waals surface area contributed by atoms with Gasteiger partial charge in [-0.3, -0.25) is 4.90 Å². The second kappa shape index (κ2) is 8.98. The van der Waals surface area contributed by atoms with Gasteiger partial charge in [0.2, 0.25) is 0 Å². The number of nitrogens with zero attached hydrogens (tertiary/aromatic N) is 1. The molecular weight excluding hydrogens is 248 g/mol. The highest BCUT2D eigenvalue weighted by atomic mass is 16.5. The Hall–Kier alpha value is -1.06. The number of methoxy groups -OCH3 is 1. The van der Waals surface area contributed by atoms with E-state index in [0.717, 1.165) is 31.8 Å². The van der Waals surface area contributed by atoms with Gasteiger partial charge in [0, 0.05) is 18.6 Å². The number of hydrogen-bond donors (Lipinski definition) is 1. The third-order valence-corrected chi connectivity index (χ3v) is 3.71. The molecule has 0 aliphatic carbocycles. The summed E-state index contributed by atoms with van der Waals surface area (Å²) in [7, 11) is 1.71. The van der Waals surface area contributed by atoms with Crippen molar-refractivity contribution in [2.75, 3.05) is 26.7 Å². The lowest BCUT2D eigenvalue weighted by Crippen LogP contribution is -2.39. The molecule has 0 saturated carbocycles. The van der Waals surface area contributed by atoms with Crippen molar-refractivity contribution in [1.82, 2.24) is 10.2 Å². The molecule has 114 valence electrons. The van der Waals surface area contributed by atoms with E-state index in [1.807, 2.05) is 12.1 Å². The molecule has 0 bridgehead atoms. The summed E-state index contributed by atoms with van der Waals surface area (Å²) in [5, 5.41) is 3.66. The molecule has 0 radical (unpaired) electrons. The van der Waals surface area contributed by atoms with E-state index in [1.165, 1.54) is 5.56 Å². The van der Waals surface area contributed by atoms with Gasteiger partial charge in [-0.2, -0.15) is 0 Å². The van der Waals surface area contributed by atoms with Crippen LogP contribution < -0.4 is 10.1 Å². The summed E-state index contributed by atoms with van der Waals surface area (Å²) in [6.07, 6.45) is 1.15. The Morgan fingerprint density at radius 3 is 2.25 bits per heavy atom. The molecule has 1 aromatic carbocycles. The van der Waals surface area contributed by atoms with Gasteiger partial charge in [0.15, 0.2) is 0 Å². The summed E-state index contributed by atoms with van der Waals surface area (Å²) in [6, 6.07) is 9.37. The highest BCUT2D eigenvalue weighted by Crippen LogP contribution is 2.19. The topological polar surface area (TPSA) is 24.5 Å². The molecule has 0 heterocycles. The molecule has 20 heavy (non-hydrogen) atoms. The fourth-order valence-corrected chi connectivity index (χ4v) is 2.38. The molecule has 0 amide bonds. The van der Waals surface area contributed by atoms with E-state index in [1.54, 1.807) is 7.11 Å². The van der Waals surface area contributed by atoms with Gasteiger partial charge in [0.1, 0.15) is 5.75 Å². The Morgan fingerprint density at radius 1 is 1.15 bits per heavy atom. The lowest BCUT2D eigenvalue weighted by atomic mass is 10.1. The minimum atomic E-state index is 0.378. The standard InChI is InChI=1S/C17H30N2O/c1-6-12-18-17(13-19(7-2)14(3)4)15-8-10-16(20-5)11-9-15/h8-11,14,17-18H,6-7,12-13H2,1-5H3. The molecule has 1 N–H and O–H groups in total. The lowest BCUT2D eigenvalue weighted by Gasteiger charge is -2.30. The van der Waals surface area contributed by atoms with E-state index < -0.39 is 0 Å². The van der Waals surface area contributed by atoms with Crippen LogP contribution in [0.4, 0.5) is 0 Å². The SMILES string of the molecule is CCCNC(CN(CC)C(C)C)c1ccc(OC)cc1. The van der Waals surface area contributed by atoms with Crippen LogP contribution in [0.25, 0.3) is 0 Å². The van der Waals surface area contributed by atoms with Gasteiger partial charge in [0.25, 0.3) is 0 Å². The molecule has 0 fully saturated rings. The summed E-state index contributed by atoms with van der Waals surface area (Å²) in [5.41, 5.74) is 1.33. The van der Waals surface area contributed by atoms with Gasteiger partial charge in [-0.15, -0.1) is 0 Å². The summed E-state index contributed by atoms with van der Waals surface area (Å²) in [6.45, 7) is 12.1. The van der Waals surface area contributed by atoms with Crippen LogP contribution in [0.15, 0.2) is 24.3 Å². The molecule has 0 aromatic heterocycles. The minimum absolute atomic E-state index is 0.378. The van der Waals surface area contributed by atoms with Crippen LogP contribution >= 0.6 is 0 Å². The van der Waals surface area contributed by atoms with Gasteiger partial charge in [-0.1, -0.05) is 26.0 Å². The van der Waals surface area contributed by atoms with E-state index >= 15 is 0 Å². The lowest BCUT2D eigenvalue weighted by molar-refractivity contribution is 0.207. The molecule has 1 atom stereocenters. The average Bonchev–Trinajstić information content (AvgIpc) is 2.47. The molecule has 0 saturated heterocycles. The molecule has 0 aliphatic rings. The molecule has 0 spiro atoms. The number of likely N-dealkylation sites (N-methyl/N-ethyl adjacent to an activating group) is 1. The van der Waals surface area contributed by atoms with Crippen LogP contribution in [0.3, 0.4) is 0 Å². The maximum Gasteiger partial charge on any atom is 0.118 e. The van der Waals surface area contributed by atoms with E-state index in [-0.39, 0.29) is 0 Å². The zero-order valence-corrected chi connectivity index (χ0v) is 13.6. The van der Waals surface area contributed by atoms with Crippen molar-refractivity contribution in [2.24, 2.45) is 0 Å². The Balaban J connectivity index is 2.80. The largest absolute Gasteiger partial charge is 0.497 e. The third kappa shape index (κ3) is 5.14. The third-order valence-electron chi connectivity index (χ3n) is 3.71. The zero-order chi connectivity index (χ0) is 15.0. The normalized spacial score (nSPS) is 12.9. The van der Waals surface area contributed by atoms with Gasteiger partial charge in [-0.25, -0.2) is 0 Å². The van der Waals surface area contributed by atoms with Crippen LogP contribution in [-0.4, -0.2) is 37.7 Å². The Bertz CT molecular complexity index is 362. The first kappa shape index (κ1) is 17.0.